The van der Waals surface area contributed by atoms with Gasteiger partial charge in [0.1, 0.15) is 5.75 Å². The molecular formula is C22H33N3O2. The van der Waals surface area contributed by atoms with Gasteiger partial charge in [-0.3, -0.25) is 9.80 Å². The zero-order chi connectivity index (χ0) is 19.6. The number of hydrogen-bond donors (Lipinski definition) is 1. The number of aryl methyl sites for hydroxylation is 2. The van der Waals surface area contributed by atoms with Crippen molar-refractivity contribution in [3.05, 3.63) is 46.3 Å². The number of rotatable bonds is 5. The number of benzene rings is 1. The molecule has 0 bridgehead atoms. The van der Waals surface area contributed by atoms with Gasteiger partial charge >= 0.3 is 0 Å². The molecule has 1 saturated heterocycles. The topological polar surface area (TPSA) is 52.7 Å². The highest BCUT2D eigenvalue weighted by Crippen LogP contribution is 2.35. The lowest BCUT2D eigenvalue weighted by Crippen LogP contribution is -2.45. The van der Waals surface area contributed by atoms with E-state index in [0.29, 0.717) is 5.75 Å². The van der Waals surface area contributed by atoms with Crippen molar-refractivity contribution in [1.82, 2.24) is 15.0 Å². The van der Waals surface area contributed by atoms with Crippen LogP contribution in [0.3, 0.4) is 0 Å². The summed E-state index contributed by atoms with van der Waals surface area (Å²) in [5.41, 5.74) is 4.28. The molecule has 0 spiro atoms. The van der Waals surface area contributed by atoms with Crippen LogP contribution in [0.4, 0.5) is 0 Å². The number of nitrogens with zero attached hydrogens (tertiary/aromatic N) is 3. The molecule has 1 aliphatic rings. The van der Waals surface area contributed by atoms with E-state index in [2.05, 4.69) is 54.8 Å². The summed E-state index contributed by atoms with van der Waals surface area (Å²) >= 11 is 0. The third-order valence-electron chi connectivity index (χ3n) is 5.38. The van der Waals surface area contributed by atoms with E-state index in [4.69, 9.17) is 4.52 Å². The van der Waals surface area contributed by atoms with Crippen molar-refractivity contribution in [3.8, 4) is 5.75 Å². The monoisotopic (exact) mass is 371 g/mol. The summed E-state index contributed by atoms with van der Waals surface area (Å²) in [6, 6.07) is 6.35. The Morgan fingerprint density at radius 2 is 1.67 bits per heavy atom. The highest BCUT2D eigenvalue weighted by atomic mass is 16.5. The van der Waals surface area contributed by atoms with Gasteiger partial charge in [0.05, 0.1) is 12.2 Å². The first-order valence-corrected chi connectivity index (χ1v) is 9.98. The van der Waals surface area contributed by atoms with Crippen LogP contribution in [-0.2, 0) is 24.9 Å². The Balaban J connectivity index is 1.64. The number of aromatic nitrogens is 1. The molecule has 2 heterocycles. The fourth-order valence-corrected chi connectivity index (χ4v) is 3.71. The molecule has 1 aliphatic heterocycles. The minimum absolute atomic E-state index is 0.0576. The second-order valence-corrected chi connectivity index (χ2v) is 8.74. The van der Waals surface area contributed by atoms with Crippen molar-refractivity contribution in [2.24, 2.45) is 0 Å². The molecule has 0 saturated carbocycles. The molecule has 0 aliphatic carbocycles. The molecule has 1 aromatic carbocycles. The Kier molecular flexibility index (Phi) is 5.92. The maximum absolute atomic E-state index is 10.9. The van der Waals surface area contributed by atoms with E-state index < -0.39 is 0 Å². The van der Waals surface area contributed by atoms with Gasteiger partial charge in [-0.2, -0.15) is 0 Å². The molecule has 5 nitrogen and oxygen atoms in total. The quantitative estimate of drug-likeness (QED) is 0.865. The van der Waals surface area contributed by atoms with Crippen molar-refractivity contribution < 1.29 is 9.63 Å². The maximum atomic E-state index is 10.9. The average molecular weight is 372 g/mol. The summed E-state index contributed by atoms with van der Waals surface area (Å²) < 4.78 is 5.34. The molecule has 0 radical (unpaired) electrons. The van der Waals surface area contributed by atoms with Gasteiger partial charge in [0.2, 0.25) is 0 Å². The standard InChI is InChI=1S/C22H33N3O2/c1-6-17-12-18(21(26)20(13-17)22(3,4)5)14-24-7-9-25(10-8-24)15-19-11-16(2)23-27-19/h11-13,26H,6-10,14-15H2,1-5H3. The fraction of sp³-hybridized carbons (Fsp3) is 0.591. The summed E-state index contributed by atoms with van der Waals surface area (Å²) in [4.78, 5) is 4.84. The first-order chi connectivity index (χ1) is 12.8. The zero-order valence-electron chi connectivity index (χ0n) is 17.4. The zero-order valence-corrected chi connectivity index (χ0v) is 17.4. The van der Waals surface area contributed by atoms with Crippen LogP contribution >= 0.6 is 0 Å². The second-order valence-electron chi connectivity index (χ2n) is 8.74. The summed E-state index contributed by atoms with van der Waals surface area (Å²) in [7, 11) is 0. The molecule has 3 rings (SSSR count). The largest absolute Gasteiger partial charge is 0.507 e. The predicted octanol–water partition coefficient (Wildman–Crippen LogP) is 3.87. The summed E-state index contributed by atoms with van der Waals surface area (Å²) in [6.07, 6.45) is 0.987. The van der Waals surface area contributed by atoms with E-state index >= 15 is 0 Å². The Morgan fingerprint density at radius 1 is 1.04 bits per heavy atom. The molecule has 0 amide bonds. The number of hydrogen-bond acceptors (Lipinski definition) is 5. The summed E-state index contributed by atoms with van der Waals surface area (Å²) in [6.45, 7) is 16.2. The number of phenols is 1. The van der Waals surface area contributed by atoms with Crippen LogP contribution in [0, 0.1) is 6.92 Å². The van der Waals surface area contributed by atoms with Crippen molar-refractivity contribution in [1.29, 1.82) is 0 Å². The third kappa shape index (κ3) is 4.90. The second kappa shape index (κ2) is 8.03. The Morgan fingerprint density at radius 3 is 2.19 bits per heavy atom. The van der Waals surface area contributed by atoms with E-state index in [1.54, 1.807) is 0 Å². The Hall–Kier alpha value is -1.85. The van der Waals surface area contributed by atoms with Gasteiger partial charge < -0.3 is 9.63 Å². The van der Waals surface area contributed by atoms with E-state index in [1.165, 1.54) is 5.56 Å². The van der Waals surface area contributed by atoms with Crippen LogP contribution in [0.2, 0.25) is 0 Å². The van der Waals surface area contributed by atoms with Gasteiger partial charge in [0.15, 0.2) is 5.76 Å². The van der Waals surface area contributed by atoms with Gasteiger partial charge in [0.25, 0.3) is 0 Å². The average Bonchev–Trinajstić information content (AvgIpc) is 3.02. The lowest BCUT2D eigenvalue weighted by Gasteiger charge is -2.34. The molecular weight excluding hydrogens is 338 g/mol. The van der Waals surface area contributed by atoms with Gasteiger partial charge in [-0.25, -0.2) is 0 Å². The fourth-order valence-electron chi connectivity index (χ4n) is 3.71. The van der Waals surface area contributed by atoms with E-state index in [1.807, 2.05) is 13.0 Å². The molecule has 27 heavy (non-hydrogen) atoms. The lowest BCUT2D eigenvalue weighted by atomic mass is 9.83. The highest BCUT2D eigenvalue weighted by molar-refractivity contribution is 5.47. The molecule has 0 unspecified atom stereocenters. The summed E-state index contributed by atoms with van der Waals surface area (Å²) in [5, 5.41) is 14.8. The highest BCUT2D eigenvalue weighted by Gasteiger charge is 2.24. The first-order valence-electron chi connectivity index (χ1n) is 9.98. The van der Waals surface area contributed by atoms with E-state index in [-0.39, 0.29) is 5.41 Å². The SMILES string of the molecule is CCc1cc(CN2CCN(Cc3cc(C)no3)CC2)c(O)c(C(C)(C)C)c1. The maximum Gasteiger partial charge on any atom is 0.150 e. The van der Waals surface area contributed by atoms with Crippen molar-refractivity contribution >= 4 is 0 Å². The van der Waals surface area contributed by atoms with Crippen LogP contribution in [0.1, 0.15) is 55.8 Å². The van der Waals surface area contributed by atoms with Gasteiger partial charge in [-0.15, -0.1) is 0 Å². The number of piperazine rings is 1. The molecule has 1 fully saturated rings. The van der Waals surface area contributed by atoms with Crippen molar-refractivity contribution in [3.63, 3.8) is 0 Å². The molecule has 1 aromatic heterocycles. The Bertz CT molecular complexity index is 768. The third-order valence-corrected chi connectivity index (χ3v) is 5.38. The van der Waals surface area contributed by atoms with Crippen molar-refractivity contribution in [2.75, 3.05) is 26.2 Å². The molecule has 1 N–H and O–H groups in total. The van der Waals surface area contributed by atoms with Gasteiger partial charge in [-0.05, 0) is 29.9 Å². The van der Waals surface area contributed by atoms with E-state index in [9.17, 15) is 5.11 Å². The summed E-state index contributed by atoms with van der Waals surface area (Å²) in [5.74, 6) is 1.41. The van der Waals surface area contributed by atoms with Crippen molar-refractivity contribution in [2.45, 2.75) is 59.5 Å². The first kappa shape index (κ1) is 19.9. The van der Waals surface area contributed by atoms with Crippen LogP contribution in [-0.4, -0.2) is 46.2 Å². The number of phenolic OH excluding ortho intramolecular Hbond substituents is 1. The molecule has 148 valence electrons. The lowest BCUT2D eigenvalue weighted by molar-refractivity contribution is 0.113. The minimum atomic E-state index is -0.0576. The van der Waals surface area contributed by atoms with Gasteiger partial charge in [-0.1, -0.05) is 45.0 Å². The van der Waals surface area contributed by atoms with E-state index in [0.717, 1.165) is 68.3 Å². The minimum Gasteiger partial charge on any atom is -0.507 e. The molecule has 2 aromatic rings. The van der Waals surface area contributed by atoms with Crippen LogP contribution in [0.25, 0.3) is 0 Å². The van der Waals surface area contributed by atoms with Crippen LogP contribution in [0.15, 0.2) is 22.7 Å². The number of aromatic hydroxyl groups is 1. The molecule has 5 heteroatoms. The van der Waals surface area contributed by atoms with Crippen LogP contribution in [0.5, 0.6) is 5.75 Å². The van der Waals surface area contributed by atoms with Crippen LogP contribution < -0.4 is 0 Å². The normalized spacial score (nSPS) is 16.8. The van der Waals surface area contributed by atoms with Gasteiger partial charge in [0, 0.05) is 44.4 Å². The predicted molar refractivity (Wildman–Crippen MR) is 108 cm³/mol. The molecule has 0 atom stereocenters. The Labute approximate surface area is 163 Å². The smallest absolute Gasteiger partial charge is 0.150 e.